The van der Waals surface area contributed by atoms with E-state index in [9.17, 15) is 9.59 Å². The van der Waals surface area contributed by atoms with Crippen molar-refractivity contribution < 1.29 is 14.7 Å². The standard InChI is InChI=1S/C31H39N3O3/c35-30(23-34(21-24-11-5-3-6-12-24)22-25-13-7-4-8-14-25)33-32-20-29-27-18-17-26(19-27)28(29)15-9-1-2-10-16-31(36)37/h1,3-9,11-14,20,26-29H,2,10,15-19,21-23H2,(H,33,35)(H,36,37)/b9-1-,32-20?. The van der Waals surface area contributed by atoms with E-state index in [0.717, 1.165) is 18.8 Å². The number of nitrogens with one attached hydrogen (secondary N) is 1. The SMILES string of the molecule is O=C(O)CCC/C=C\CC1C2CCC(C2)C1C=NNC(=O)CN(Cc1ccccc1)Cc1ccccc1. The van der Waals surface area contributed by atoms with E-state index >= 15 is 0 Å². The molecule has 6 heteroatoms. The van der Waals surface area contributed by atoms with Crippen molar-refractivity contribution >= 4 is 18.1 Å². The van der Waals surface area contributed by atoms with E-state index in [2.05, 4.69) is 51.8 Å². The summed E-state index contributed by atoms with van der Waals surface area (Å²) in [6, 6.07) is 20.5. The van der Waals surface area contributed by atoms with Crippen molar-refractivity contribution in [2.75, 3.05) is 6.54 Å². The number of hydrogen-bond acceptors (Lipinski definition) is 4. The van der Waals surface area contributed by atoms with Gasteiger partial charge in [0.15, 0.2) is 0 Å². The number of fused-ring (bicyclic) bond motifs is 2. The van der Waals surface area contributed by atoms with Crippen LogP contribution in [0.4, 0.5) is 0 Å². The van der Waals surface area contributed by atoms with E-state index in [1.54, 1.807) is 0 Å². The highest BCUT2D eigenvalue weighted by atomic mass is 16.4. The van der Waals surface area contributed by atoms with Crippen LogP contribution >= 0.6 is 0 Å². The molecule has 4 atom stereocenters. The van der Waals surface area contributed by atoms with Gasteiger partial charge < -0.3 is 5.11 Å². The molecule has 2 N–H and O–H groups in total. The Kier molecular flexibility index (Phi) is 10.1. The molecule has 0 saturated heterocycles. The molecule has 0 aromatic heterocycles. The molecule has 1 amide bonds. The number of hydrogen-bond donors (Lipinski definition) is 2. The number of benzene rings is 2. The van der Waals surface area contributed by atoms with Crippen molar-refractivity contribution in [2.24, 2.45) is 28.8 Å². The summed E-state index contributed by atoms with van der Waals surface area (Å²) >= 11 is 0. The van der Waals surface area contributed by atoms with Crippen LogP contribution in [-0.2, 0) is 22.7 Å². The average molecular weight is 502 g/mol. The fourth-order valence-electron chi connectivity index (χ4n) is 6.06. The molecule has 2 aromatic carbocycles. The average Bonchev–Trinajstić information content (AvgIpc) is 3.49. The smallest absolute Gasteiger partial charge is 0.303 e. The molecular weight excluding hydrogens is 462 g/mol. The molecular formula is C31H39N3O3. The lowest BCUT2D eigenvalue weighted by molar-refractivity contribution is -0.137. The van der Waals surface area contributed by atoms with Crippen LogP contribution < -0.4 is 5.43 Å². The Balaban J connectivity index is 1.29. The first-order valence-corrected chi connectivity index (χ1v) is 13.6. The second kappa shape index (κ2) is 13.9. The number of carbonyl (C=O) groups excluding carboxylic acids is 1. The van der Waals surface area contributed by atoms with E-state index in [1.165, 1.54) is 30.4 Å². The second-order valence-corrected chi connectivity index (χ2v) is 10.5. The van der Waals surface area contributed by atoms with Gasteiger partial charge in [-0.3, -0.25) is 14.5 Å². The predicted octanol–water partition coefficient (Wildman–Crippen LogP) is 5.65. The van der Waals surface area contributed by atoms with Crippen LogP contribution in [-0.4, -0.2) is 34.6 Å². The highest BCUT2D eigenvalue weighted by Gasteiger charge is 2.46. The Hall–Kier alpha value is -3.25. The normalized spacial score (nSPS) is 22.8. The van der Waals surface area contributed by atoms with E-state index in [-0.39, 0.29) is 18.9 Å². The minimum Gasteiger partial charge on any atom is -0.481 e. The molecule has 2 fully saturated rings. The topological polar surface area (TPSA) is 82.0 Å². The zero-order valence-electron chi connectivity index (χ0n) is 21.5. The maximum atomic E-state index is 12.8. The molecule has 2 aliphatic carbocycles. The number of amides is 1. The molecule has 2 saturated carbocycles. The fraction of sp³-hybridized carbons (Fsp3) is 0.452. The molecule has 0 radical (unpaired) electrons. The molecule has 0 aliphatic heterocycles. The van der Waals surface area contributed by atoms with Gasteiger partial charge >= 0.3 is 5.97 Å². The van der Waals surface area contributed by atoms with Gasteiger partial charge in [-0.15, -0.1) is 0 Å². The molecule has 4 rings (SSSR count). The Morgan fingerprint density at radius 2 is 1.59 bits per heavy atom. The Labute approximate surface area is 220 Å². The summed E-state index contributed by atoms with van der Waals surface area (Å²) in [6.07, 6.45) is 12.8. The van der Waals surface area contributed by atoms with Gasteiger partial charge in [-0.2, -0.15) is 5.10 Å². The molecule has 0 spiro atoms. The van der Waals surface area contributed by atoms with Gasteiger partial charge in [0, 0.05) is 31.6 Å². The largest absolute Gasteiger partial charge is 0.481 e. The van der Waals surface area contributed by atoms with Crippen molar-refractivity contribution in [3.63, 3.8) is 0 Å². The summed E-state index contributed by atoms with van der Waals surface area (Å²) in [6.45, 7) is 1.67. The molecule has 37 heavy (non-hydrogen) atoms. The lowest BCUT2D eigenvalue weighted by atomic mass is 9.78. The maximum Gasteiger partial charge on any atom is 0.303 e. The highest BCUT2D eigenvalue weighted by Crippen LogP contribution is 2.52. The number of hydrazone groups is 1. The molecule has 196 valence electrons. The van der Waals surface area contributed by atoms with Crippen LogP contribution in [0.25, 0.3) is 0 Å². The number of carboxylic acid groups (broad SMARTS) is 1. The molecule has 2 bridgehead atoms. The third-order valence-electron chi connectivity index (χ3n) is 7.80. The van der Waals surface area contributed by atoms with E-state index in [0.29, 0.717) is 37.3 Å². The van der Waals surface area contributed by atoms with Crippen LogP contribution in [0.15, 0.2) is 77.9 Å². The quantitative estimate of drug-likeness (QED) is 0.152. The second-order valence-electron chi connectivity index (χ2n) is 10.5. The highest BCUT2D eigenvalue weighted by molar-refractivity contribution is 5.79. The Bertz CT molecular complexity index is 1010. The van der Waals surface area contributed by atoms with Crippen molar-refractivity contribution in [3.8, 4) is 0 Å². The van der Waals surface area contributed by atoms with E-state index in [1.807, 2.05) is 42.6 Å². The zero-order chi connectivity index (χ0) is 25.9. The first-order chi connectivity index (χ1) is 18.1. The molecule has 2 aliphatic rings. The zero-order valence-corrected chi connectivity index (χ0v) is 21.5. The maximum absolute atomic E-state index is 12.8. The molecule has 0 heterocycles. The monoisotopic (exact) mass is 501 g/mol. The van der Waals surface area contributed by atoms with Gasteiger partial charge in [-0.1, -0.05) is 72.8 Å². The third kappa shape index (κ3) is 8.39. The van der Waals surface area contributed by atoms with Crippen molar-refractivity contribution in [1.29, 1.82) is 0 Å². The number of carbonyl (C=O) groups is 2. The number of aliphatic carboxylic acids is 1. The number of nitrogens with zero attached hydrogens (tertiary/aromatic N) is 2. The summed E-state index contributed by atoms with van der Waals surface area (Å²) in [5, 5.41) is 13.2. The van der Waals surface area contributed by atoms with Crippen LogP contribution in [0, 0.1) is 23.7 Å². The van der Waals surface area contributed by atoms with Gasteiger partial charge in [-0.25, -0.2) is 5.43 Å². The summed E-state index contributed by atoms with van der Waals surface area (Å²) in [5.41, 5.74) is 5.15. The summed E-state index contributed by atoms with van der Waals surface area (Å²) < 4.78 is 0. The van der Waals surface area contributed by atoms with E-state index in [4.69, 9.17) is 5.11 Å². The predicted molar refractivity (Wildman–Crippen MR) is 147 cm³/mol. The first kappa shape index (κ1) is 26.8. The number of carboxylic acids is 1. The number of allylic oxidation sites excluding steroid dienone is 2. The fourth-order valence-corrected chi connectivity index (χ4v) is 6.06. The Morgan fingerprint density at radius 1 is 0.946 bits per heavy atom. The number of unbranched alkanes of at least 4 members (excludes halogenated alkanes) is 1. The van der Waals surface area contributed by atoms with Crippen molar-refractivity contribution in [3.05, 3.63) is 83.9 Å². The van der Waals surface area contributed by atoms with E-state index < -0.39 is 5.97 Å². The van der Waals surface area contributed by atoms with Gasteiger partial charge in [0.1, 0.15) is 0 Å². The summed E-state index contributed by atoms with van der Waals surface area (Å²) in [5.74, 6) is 1.51. The number of rotatable bonds is 14. The minimum absolute atomic E-state index is 0.0962. The van der Waals surface area contributed by atoms with Crippen LogP contribution in [0.5, 0.6) is 0 Å². The summed E-state index contributed by atoms with van der Waals surface area (Å²) in [4.78, 5) is 25.7. The molecule has 6 nitrogen and oxygen atoms in total. The van der Waals surface area contributed by atoms with Gasteiger partial charge in [0.05, 0.1) is 6.54 Å². The van der Waals surface area contributed by atoms with Gasteiger partial charge in [0.25, 0.3) is 5.91 Å². The van der Waals surface area contributed by atoms with Crippen LogP contribution in [0.2, 0.25) is 0 Å². The minimum atomic E-state index is -0.733. The summed E-state index contributed by atoms with van der Waals surface area (Å²) in [7, 11) is 0. The van der Waals surface area contributed by atoms with Crippen LogP contribution in [0.3, 0.4) is 0 Å². The first-order valence-electron chi connectivity index (χ1n) is 13.6. The lowest BCUT2D eigenvalue weighted by Gasteiger charge is -2.27. The molecule has 2 aromatic rings. The van der Waals surface area contributed by atoms with Crippen molar-refractivity contribution in [2.45, 2.75) is 58.0 Å². The Morgan fingerprint density at radius 3 is 2.24 bits per heavy atom. The van der Waals surface area contributed by atoms with Crippen molar-refractivity contribution in [1.82, 2.24) is 10.3 Å². The lowest BCUT2D eigenvalue weighted by Crippen LogP contribution is -2.35. The molecule has 4 unspecified atom stereocenters. The third-order valence-corrected chi connectivity index (χ3v) is 7.80. The van der Waals surface area contributed by atoms with Crippen LogP contribution in [0.1, 0.15) is 56.1 Å². The van der Waals surface area contributed by atoms with Gasteiger partial charge in [0.2, 0.25) is 0 Å². The van der Waals surface area contributed by atoms with Gasteiger partial charge in [-0.05, 0) is 67.4 Å².